The molecule has 0 radical (unpaired) electrons. The van der Waals surface area contributed by atoms with Gasteiger partial charge < -0.3 is 20.9 Å². The van der Waals surface area contributed by atoms with Crippen LogP contribution in [0.2, 0.25) is 0 Å². The van der Waals surface area contributed by atoms with Gasteiger partial charge >= 0.3 is 0 Å². The maximum absolute atomic E-state index is 14.4. The average Bonchev–Trinajstić information content (AvgIpc) is 3.68. The first-order valence-electron chi connectivity index (χ1n) is 16.3. The van der Waals surface area contributed by atoms with E-state index in [1.54, 1.807) is 0 Å². The summed E-state index contributed by atoms with van der Waals surface area (Å²) in [5.41, 5.74) is 2.49. The van der Waals surface area contributed by atoms with Gasteiger partial charge in [-0.1, -0.05) is 36.4 Å². The maximum atomic E-state index is 14.4. The smallest absolute Gasteiger partial charge is 0.289 e. The molecule has 1 unspecified atom stereocenters. The van der Waals surface area contributed by atoms with Crippen LogP contribution in [0, 0.1) is 35.5 Å². The van der Waals surface area contributed by atoms with Crippen molar-refractivity contribution in [3.8, 4) is 0 Å². The van der Waals surface area contributed by atoms with Crippen molar-refractivity contribution in [1.82, 2.24) is 20.9 Å². The lowest BCUT2D eigenvalue weighted by Crippen LogP contribution is -2.56. The fourth-order valence-corrected chi connectivity index (χ4v) is 9.42. The van der Waals surface area contributed by atoms with Gasteiger partial charge in [0.1, 0.15) is 6.04 Å². The third-order valence-electron chi connectivity index (χ3n) is 11.8. The van der Waals surface area contributed by atoms with Gasteiger partial charge in [-0.25, -0.2) is 0 Å². The summed E-state index contributed by atoms with van der Waals surface area (Å²) in [4.78, 5) is 69.2. The highest BCUT2D eigenvalue weighted by molar-refractivity contribution is 6.38. The van der Waals surface area contributed by atoms with E-state index in [-0.39, 0.29) is 59.3 Å². The van der Waals surface area contributed by atoms with Gasteiger partial charge in [-0.15, -0.1) is 0 Å². The Balaban J connectivity index is 1.06. The van der Waals surface area contributed by atoms with E-state index >= 15 is 0 Å². The van der Waals surface area contributed by atoms with Crippen molar-refractivity contribution in [3.05, 3.63) is 47.5 Å². The number of allylic oxidation sites excluding steroid dienone is 2. The van der Waals surface area contributed by atoms with E-state index in [1.165, 1.54) is 11.1 Å². The minimum absolute atomic E-state index is 0.00175. The summed E-state index contributed by atoms with van der Waals surface area (Å²) in [7, 11) is 0. The van der Waals surface area contributed by atoms with Crippen LogP contribution < -0.4 is 16.0 Å². The molecule has 2 saturated heterocycles. The second-order valence-electron chi connectivity index (χ2n) is 14.2. The van der Waals surface area contributed by atoms with Crippen molar-refractivity contribution < 1.29 is 24.0 Å². The number of likely N-dealkylation sites (tertiary alicyclic amines) is 1. The molecular weight excluding hydrogens is 544 g/mol. The van der Waals surface area contributed by atoms with Crippen molar-refractivity contribution in [1.29, 1.82) is 0 Å². The Hall–Kier alpha value is -3.49. The molecule has 2 heterocycles. The molecule has 1 spiro atoms. The zero-order valence-corrected chi connectivity index (χ0v) is 24.4. The van der Waals surface area contributed by atoms with Crippen LogP contribution in [0.4, 0.5) is 0 Å². The highest BCUT2D eigenvalue weighted by Crippen LogP contribution is 2.62. The van der Waals surface area contributed by atoms with Crippen LogP contribution in [0.3, 0.4) is 0 Å². The number of ketones is 1. The van der Waals surface area contributed by atoms with Gasteiger partial charge in [0.15, 0.2) is 0 Å². The van der Waals surface area contributed by atoms with Crippen LogP contribution in [0.1, 0.15) is 62.5 Å². The van der Waals surface area contributed by atoms with E-state index in [2.05, 4.69) is 52.4 Å². The first kappa shape index (κ1) is 27.1. The van der Waals surface area contributed by atoms with Gasteiger partial charge in [0, 0.05) is 36.4 Å². The zero-order chi connectivity index (χ0) is 29.5. The molecule has 2 bridgehead atoms. The number of hydrogen-bond donors (Lipinski definition) is 3. The number of carbonyl (C=O) groups is 5. The summed E-state index contributed by atoms with van der Waals surface area (Å²) < 4.78 is 0. The number of rotatable bonds is 8. The number of benzene rings is 1. The minimum atomic E-state index is -1.11. The SMILES string of the molecule is O=C(NC1CC1)C(=O)C(C[C@@H]1CCNC1=O)NC(=O)[C@@H]1[C@@H]2[C@H](CN1C(=O)[C@@H]1C[C@]13CCCc1ccccc13)[C@@H]1C=C[C@H]2C1. The first-order valence-corrected chi connectivity index (χ1v) is 16.3. The van der Waals surface area contributed by atoms with Gasteiger partial charge in [0.2, 0.25) is 23.5 Å². The second kappa shape index (κ2) is 10.0. The standard InChI is InChI=1S/C34H40N4O5/c39-29(32(42)36-22-9-10-22)26(15-21-11-13-35-30(21)40)37-31(41)28-27-20-8-7-19(14-20)23(27)17-38(28)33(43)25-16-34(25)12-3-5-18-4-1-2-6-24(18)34/h1-2,4,6-8,19-23,25-28H,3,5,9-17H2,(H,35,40)(H,36,42)(H,37,41)/t19-,20+,21+,23-,25+,26?,27+,28+,34+/m1/s1. The third kappa shape index (κ3) is 4.44. The molecule has 9 heteroatoms. The van der Waals surface area contributed by atoms with E-state index in [0.717, 1.165) is 44.9 Å². The van der Waals surface area contributed by atoms with Gasteiger partial charge in [-0.05, 0) is 92.6 Å². The third-order valence-corrected chi connectivity index (χ3v) is 11.8. The molecule has 1 aromatic rings. The lowest BCUT2D eigenvalue weighted by atomic mass is 9.78. The molecule has 9 atom stereocenters. The first-order chi connectivity index (χ1) is 20.8. The topological polar surface area (TPSA) is 125 Å². The van der Waals surface area contributed by atoms with Gasteiger partial charge in [0.25, 0.3) is 5.91 Å². The molecule has 226 valence electrons. The van der Waals surface area contributed by atoms with Crippen LogP contribution >= 0.6 is 0 Å². The van der Waals surface area contributed by atoms with Crippen molar-refractivity contribution in [2.45, 2.75) is 81.3 Å². The molecule has 5 fully saturated rings. The van der Waals surface area contributed by atoms with E-state index in [1.807, 2.05) is 4.90 Å². The number of Topliss-reactive ketones (excluding diaryl/α,β-unsaturated/α-hetero) is 1. The number of fused-ring (bicyclic) bond motifs is 7. The van der Waals surface area contributed by atoms with Gasteiger partial charge in [-0.3, -0.25) is 24.0 Å². The van der Waals surface area contributed by atoms with Gasteiger partial charge in [0.05, 0.1) is 6.04 Å². The molecular formula is C34H40N4O5. The molecule has 7 aliphatic rings. The van der Waals surface area contributed by atoms with Crippen LogP contribution in [0.15, 0.2) is 36.4 Å². The molecule has 8 rings (SSSR count). The largest absolute Gasteiger partial charge is 0.356 e. The Bertz CT molecular complexity index is 1440. The average molecular weight is 585 g/mol. The Kier molecular flexibility index (Phi) is 6.32. The molecule has 5 aliphatic carbocycles. The molecule has 9 nitrogen and oxygen atoms in total. The fourth-order valence-electron chi connectivity index (χ4n) is 9.42. The van der Waals surface area contributed by atoms with E-state index in [9.17, 15) is 24.0 Å². The lowest BCUT2D eigenvalue weighted by molar-refractivity contribution is -0.144. The number of hydrogen-bond acceptors (Lipinski definition) is 5. The van der Waals surface area contributed by atoms with Crippen LogP contribution in [-0.2, 0) is 35.8 Å². The fraction of sp³-hybridized carbons (Fsp3) is 0.618. The molecule has 3 saturated carbocycles. The van der Waals surface area contributed by atoms with Crippen LogP contribution in [0.25, 0.3) is 0 Å². The number of nitrogens with zero attached hydrogens (tertiary/aromatic N) is 1. The molecule has 4 amide bonds. The van der Waals surface area contributed by atoms with E-state index in [4.69, 9.17) is 0 Å². The molecule has 2 aliphatic heterocycles. The quantitative estimate of drug-likeness (QED) is 0.318. The molecule has 3 N–H and O–H groups in total. The van der Waals surface area contributed by atoms with Crippen LogP contribution in [-0.4, -0.2) is 65.5 Å². The second-order valence-corrected chi connectivity index (χ2v) is 14.2. The van der Waals surface area contributed by atoms with Crippen molar-refractivity contribution >= 4 is 29.4 Å². The number of aryl methyl sites for hydroxylation is 1. The molecule has 0 aromatic heterocycles. The van der Waals surface area contributed by atoms with Crippen LogP contribution in [0.5, 0.6) is 0 Å². The molecule has 43 heavy (non-hydrogen) atoms. The maximum Gasteiger partial charge on any atom is 0.289 e. The summed E-state index contributed by atoms with van der Waals surface area (Å²) in [6, 6.07) is 6.69. The monoisotopic (exact) mass is 584 g/mol. The highest BCUT2D eigenvalue weighted by Gasteiger charge is 2.65. The Morgan fingerprint density at radius 1 is 1.07 bits per heavy atom. The van der Waals surface area contributed by atoms with Crippen molar-refractivity contribution in [3.63, 3.8) is 0 Å². The van der Waals surface area contributed by atoms with Crippen molar-refractivity contribution in [2.75, 3.05) is 13.1 Å². The number of nitrogens with one attached hydrogen (secondary N) is 3. The van der Waals surface area contributed by atoms with E-state index in [0.29, 0.717) is 25.4 Å². The summed E-state index contributed by atoms with van der Waals surface area (Å²) >= 11 is 0. The predicted octanol–water partition coefficient (Wildman–Crippen LogP) is 1.79. The number of carbonyl (C=O) groups excluding carboxylic acids is 5. The summed E-state index contributed by atoms with van der Waals surface area (Å²) in [6.45, 7) is 1.07. The summed E-state index contributed by atoms with van der Waals surface area (Å²) in [6.07, 6.45) is 11.7. The lowest BCUT2D eigenvalue weighted by Gasteiger charge is -2.32. The normalized spacial score (nSPS) is 37.1. The van der Waals surface area contributed by atoms with Gasteiger partial charge in [-0.2, -0.15) is 0 Å². The predicted molar refractivity (Wildman–Crippen MR) is 156 cm³/mol. The summed E-state index contributed by atoms with van der Waals surface area (Å²) in [5, 5.41) is 8.48. The molecule has 1 aromatic carbocycles. The van der Waals surface area contributed by atoms with E-state index < -0.39 is 29.7 Å². The Labute approximate surface area is 251 Å². The Morgan fingerprint density at radius 3 is 2.67 bits per heavy atom. The summed E-state index contributed by atoms with van der Waals surface area (Å²) in [5.74, 6) is -1.67. The number of amides is 4. The zero-order valence-electron chi connectivity index (χ0n) is 24.4. The highest BCUT2D eigenvalue weighted by atomic mass is 16.2. The Morgan fingerprint density at radius 2 is 1.88 bits per heavy atom. The minimum Gasteiger partial charge on any atom is -0.356 e. The van der Waals surface area contributed by atoms with Crippen molar-refractivity contribution in [2.24, 2.45) is 35.5 Å².